The topological polar surface area (TPSA) is 12.4 Å². The van der Waals surface area contributed by atoms with Gasteiger partial charge in [-0.3, -0.25) is 4.99 Å². The van der Waals surface area contributed by atoms with E-state index in [1.807, 2.05) is 36.4 Å². The Hall–Kier alpha value is -2.29. The molecule has 1 aliphatic rings. The van der Waals surface area contributed by atoms with Crippen LogP contribution in [-0.2, 0) is 0 Å². The lowest BCUT2D eigenvalue weighted by Crippen LogP contribution is -1.93. The van der Waals surface area contributed by atoms with Crippen LogP contribution in [-0.4, -0.2) is 5.04 Å². The normalized spacial score (nSPS) is 18.4. The lowest BCUT2D eigenvalue weighted by Gasteiger charge is -2.09. The van der Waals surface area contributed by atoms with E-state index in [9.17, 15) is 0 Å². The van der Waals surface area contributed by atoms with Gasteiger partial charge in [0.1, 0.15) is 11.1 Å². The van der Waals surface area contributed by atoms with Gasteiger partial charge in [0.15, 0.2) is 0 Å². The van der Waals surface area contributed by atoms with Crippen LogP contribution in [0, 0.1) is 0 Å². The van der Waals surface area contributed by atoms with Crippen molar-refractivity contribution in [3.8, 4) is 0 Å². The molecule has 0 saturated carbocycles. The van der Waals surface area contributed by atoms with E-state index in [1.165, 1.54) is 16.0 Å². The van der Waals surface area contributed by atoms with Crippen molar-refractivity contribution in [1.29, 1.82) is 0 Å². The summed E-state index contributed by atoms with van der Waals surface area (Å²) < 4.78 is 0. The predicted molar refractivity (Wildman–Crippen MR) is 109 cm³/mol. The minimum absolute atomic E-state index is 0.0390. The van der Waals surface area contributed by atoms with Gasteiger partial charge in [0.2, 0.25) is 0 Å². The third kappa shape index (κ3) is 3.71. The third-order valence-corrected chi connectivity index (χ3v) is 5.41. The molecule has 0 fully saturated rings. The van der Waals surface area contributed by atoms with Gasteiger partial charge >= 0.3 is 0 Å². The fraction of sp³-hybridized carbons (Fsp3) is 0.0455. The molecule has 0 aliphatic carbocycles. The van der Waals surface area contributed by atoms with Crippen molar-refractivity contribution in [2.75, 3.05) is 0 Å². The SMILES string of the molecule is Clc1ccc(C2=NC(c3ccccc3)/C(=C/c3ccccc3)S2)cc1. The molecular weight excluding hydrogens is 346 g/mol. The summed E-state index contributed by atoms with van der Waals surface area (Å²) in [6, 6.07) is 28.8. The molecule has 0 saturated heterocycles. The maximum absolute atomic E-state index is 6.02. The molecule has 3 aromatic carbocycles. The van der Waals surface area contributed by atoms with Gasteiger partial charge in [-0.25, -0.2) is 0 Å². The van der Waals surface area contributed by atoms with Gasteiger partial charge in [0.25, 0.3) is 0 Å². The van der Waals surface area contributed by atoms with Crippen LogP contribution in [0.5, 0.6) is 0 Å². The first-order chi connectivity index (χ1) is 12.3. The Kier molecular flexibility index (Phi) is 4.73. The second-order valence-electron chi connectivity index (χ2n) is 5.81. The standard InChI is InChI=1S/C22H16ClNS/c23-19-13-11-18(12-14-19)22-24-21(17-9-5-2-6-10-17)20(25-22)15-16-7-3-1-4-8-16/h1-15,21H/b20-15-. The summed E-state index contributed by atoms with van der Waals surface area (Å²) in [5.74, 6) is 0. The number of benzene rings is 3. The smallest absolute Gasteiger partial charge is 0.108 e. The molecule has 1 heterocycles. The summed E-state index contributed by atoms with van der Waals surface area (Å²) in [5.41, 5.74) is 3.51. The fourth-order valence-corrected chi connectivity index (χ4v) is 4.05. The summed E-state index contributed by atoms with van der Waals surface area (Å²) in [5, 5.41) is 1.78. The van der Waals surface area contributed by atoms with Crippen LogP contribution in [0.3, 0.4) is 0 Å². The van der Waals surface area contributed by atoms with Crippen LogP contribution in [0.15, 0.2) is 94.8 Å². The monoisotopic (exact) mass is 361 g/mol. The molecule has 0 bridgehead atoms. The highest BCUT2D eigenvalue weighted by atomic mass is 35.5. The van der Waals surface area contributed by atoms with Crippen LogP contribution in [0.1, 0.15) is 22.7 Å². The maximum Gasteiger partial charge on any atom is 0.108 e. The number of nitrogens with zero attached hydrogens (tertiary/aromatic N) is 1. The number of thioether (sulfide) groups is 1. The predicted octanol–water partition coefficient (Wildman–Crippen LogP) is 6.62. The zero-order valence-electron chi connectivity index (χ0n) is 13.5. The van der Waals surface area contributed by atoms with Crippen LogP contribution in [0.25, 0.3) is 6.08 Å². The van der Waals surface area contributed by atoms with E-state index in [2.05, 4.69) is 54.6 Å². The lowest BCUT2D eigenvalue weighted by molar-refractivity contribution is 0.917. The fourth-order valence-electron chi connectivity index (χ4n) is 2.80. The van der Waals surface area contributed by atoms with Crippen LogP contribution < -0.4 is 0 Å². The van der Waals surface area contributed by atoms with Crippen molar-refractivity contribution in [3.05, 3.63) is 112 Å². The van der Waals surface area contributed by atoms with Crippen molar-refractivity contribution in [2.45, 2.75) is 6.04 Å². The third-order valence-electron chi connectivity index (χ3n) is 4.05. The summed E-state index contributed by atoms with van der Waals surface area (Å²) in [7, 11) is 0. The molecule has 0 amide bonds. The molecule has 3 heteroatoms. The Labute approximate surface area is 157 Å². The van der Waals surface area contributed by atoms with E-state index < -0.39 is 0 Å². The van der Waals surface area contributed by atoms with E-state index in [-0.39, 0.29) is 6.04 Å². The Morgan fingerprint density at radius 2 is 1.44 bits per heavy atom. The molecule has 4 rings (SSSR count). The molecule has 1 atom stereocenters. The molecule has 1 unspecified atom stereocenters. The minimum Gasteiger partial charge on any atom is -0.264 e. The summed E-state index contributed by atoms with van der Waals surface area (Å²) in [6.07, 6.45) is 2.23. The van der Waals surface area contributed by atoms with Gasteiger partial charge < -0.3 is 0 Å². The first kappa shape index (κ1) is 16.2. The average molecular weight is 362 g/mol. The summed E-state index contributed by atoms with van der Waals surface area (Å²) in [4.78, 5) is 6.24. The number of halogens is 1. The van der Waals surface area contributed by atoms with Gasteiger partial charge in [0, 0.05) is 15.5 Å². The van der Waals surface area contributed by atoms with Gasteiger partial charge in [-0.2, -0.15) is 0 Å². The molecular formula is C22H16ClNS. The molecule has 0 spiro atoms. The largest absolute Gasteiger partial charge is 0.264 e. The maximum atomic E-state index is 6.02. The highest BCUT2D eigenvalue weighted by Crippen LogP contribution is 2.44. The van der Waals surface area contributed by atoms with Crippen molar-refractivity contribution >= 4 is 34.5 Å². The van der Waals surface area contributed by atoms with Crippen molar-refractivity contribution in [2.24, 2.45) is 4.99 Å². The molecule has 0 N–H and O–H groups in total. The second kappa shape index (κ2) is 7.30. The van der Waals surface area contributed by atoms with Crippen molar-refractivity contribution in [1.82, 2.24) is 0 Å². The molecule has 25 heavy (non-hydrogen) atoms. The Bertz CT molecular complexity index is 915. The Morgan fingerprint density at radius 1 is 0.800 bits per heavy atom. The number of rotatable bonds is 3. The lowest BCUT2D eigenvalue weighted by atomic mass is 10.1. The molecule has 1 nitrogen and oxygen atoms in total. The molecule has 122 valence electrons. The van der Waals surface area contributed by atoms with E-state index in [1.54, 1.807) is 11.8 Å². The zero-order valence-corrected chi connectivity index (χ0v) is 15.0. The summed E-state index contributed by atoms with van der Waals surface area (Å²) in [6.45, 7) is 0. The van der Waals surface area contributed by atoms with Crippen LogP contribution in [0.2, 0.25) is 5.02 Å². The molecule has 0 aromatic heterocycles. The van der Waals surface area contributed by atoms with E-state index >= 15 is 0 Å². The number of hydrogen-bond donors (Lipinski definition) is 0. The molecule has 3 aromatic rings. The number of aliphatic imine (C=N–C) groups is 1. The Balaban J connectivity index is 1.74. The quantitative estimate of drug-likeness (QED) is 0.510. The molecule has 0 radical (unpaired) electrons. The molecule has 1 aliphatic heterocycles. The number of hydrogen-bond acceptors (Lipinski definition) is 2. The first-order valence-electron chi connectivity index (χ1n) is 8.13. The Morgan fingerprint density at radius 3 is 2.12 bits per heavy atom. The van der Waals surface area contributed by atoms with E-state index in [0.29, 0.717) is 0 Å². The second-order valence-corrected chi connectivity index (χ2v) is 7.31. The van der Waals surface area contributed by atoms with E-state index in [4.69, 9.17) is 16.6 Å². The average Bonchev–Trinajstić information content (AvgIpc) is 3.08. The van der Waals surface area contributed by atoms with Gasteiger partial charge in [-0.15, -0.1) is 0 Å². The van der Waals surface area contributed by atoms with E-state index in [0.717, 1.165) is 15.6 Å². The van der Waals surface area contributed by atoms with Gasteiger partial charge in [0.05, 0.1) is 0 Å². The van der Waals surface area contributed by atoms with Crippen LogP contribution in [0.4, 0.5) is 0 Å². The summed E-state index contributed by atoms with van der Waals surface area (Å²) >= 11 is 7.76. The van der Waals surface area contributed by atoms with Gasteiger partial charge in [-0.1, -0.05) is 96.2 Å². The zero-order chi connectivity index (χ0) is 17.1. The highest BCUT2D eigenvalue weighted by Gasteiger charge is 2.26. The van der Waals surface area contributed by atoms with Crippen molar-refractivity contribution in [3.63, 3.8) is 0 Å². The first-order valence-corrected chi connectivity index (χ1v) is 9.32. The highest BCUT2D eigenvalue weighted by molar-refractivity contribution is 8.18. The minimum atomic E-state index is 0.0390. The van der Waals surface area contributed by atoms with Crippen molar-refractivity contribution < 1.29 is 0 Å². The van der Waals surface area contributed by atoms with Crippen LogP contribution >= 0.6 is 23.4 Å². The van der Waals surface area contributed by atoms with Gasteiger partial charge in [-0.05, 0) is 29.3 Å².